The van der Waals surface area contributed by atoms with Crippen LogP contribution in [0.25, 0.3) is 0 Å². The summed E-state index contributed by atoms with van der Waals surface area (Å²) in [7, 11) is -3.56. The molecule has 1 aromatic rings. The minimum Gasteiger partial charge on any atom is -0.207 e. The average molecular weight is 292 g/mol. The van der Waals surface area contributed by atoms with Crippen molar-refractivity contribution in [2.24, 2.45) is 0 Å². The molecule has 6 heteroatoms. The van der Waals surface area contributed by atoms with Gasteiger partial charge in [0.15, 0.2) is 0 Å². The van der Waals surface area contributed by atoms with Crippen LogP contribution in [0.2, 0.25) is 0 Å². The van der Waals surface area contributed by atoms with Gasteiger partial charge in [0.1, 0.15) is 5.82 Å². The van der Waals surface area contributed by atoms with Gasteiger partial charge in [-0.2, -0.15) is 4.31 Å². The third-order valence-corrected chi connectivity index (χ3v) is 5.54. The van der Waals surface area contributed by atoms with E-state index in [2.05, 4.69) is 0 Å². The molecule has 2 rings (SSSR count). The molecule has 3 nitrogen and oxygen atoms in total. The van der Waals surface area contributed by atoms with E-state index in [1.807, 2.05) is 0 Å². The molecule has 1 aliphatic heterocycles. The summed E-state index contributed by atoms with van der Waals surface area (Å²) in [5.41, 5.74) is 0.331. The van der Waals surface area contributed by atoms with Gasteiger partial charge in [-0.15, -0.1) is 11.6 Å². The largest absolute Gasteiger partial charge is 0.243 e. The SMILES string of the molecule is Cc1cc(S(=O)(=O)N2CCC[C@H]2CCl)ccc1F. The van der Waals surface area contributed by atoms with E-state index >= 15 is 0 Å². The molecule has 0 bridgehead atoms. The van der Waals surface area contributed by atoms with Crippen molar-refractivity contribution in [1.82, 2.24) is 4.31 Å². The number of sulfonamides is 1. The molecule has 18 heavy (non-hydrogen) atoms. The Bertz CT molecular complexity index is 547. The van der Waals surface area contributed by atoms with Gasteiger partial charge in [-0.05, 0) is 43.5 Å². The maximum absolute atomic E-state index is 13.2. The molecule has 0 aliphatic carbocycles. The van der Waals surface area contributed by atoms with Gasteiger partial charge in [0.25, 0.3) is 0 Å². The maximum Gasteiger partial charge on any atom is 0.243 e. The van der Waals surface area contributed by atoms with E-state index < -0.39 is 15.8 Å². The van der Waals surface area contributed by atoms with Gasteiger partial charge in [-0.25, -0.2) is 12.8 Å². The monoisotopic (exact) mass is 291 g/mol. The second-order valence-corrected chi connectivity index (χ2v) is 6.68. The number of hydrogen-bond acceptors (Lipinski definition) is 2. The van der Waals surface area contributed by atoms with Crippen molar-refractivity contribution in [3.05, 3.63) is 29.6 Å². The predicted molar refractivity (Wildman–Crippen MR) is 68.8 cm³/mol. The molecule has 1 heterocycles. The first kappa shape index (κ1) is 13.8. The van der Waals surface area contributed by atoms with Crippen LogP contribution in [0.4, 0.5) is 4.39 Å². The fraction of sp³-hybridized carbons (Fsp3) is 0.500. The Labute approximate surface area is 112 Å². The van der Waals surface area contributed by atoms with Crippen molar-refractivity contribution in [1.29, 1.82) is 0 Å². The Kier molecular flexibility index (Phi) is 3.94. The normalized spacial score (nSPS) is 21.4. The van der Waals surface area contributed by atoms with Crippen molar-refractivity contribution >= 4 is 21.6 Å². The number of halogens is 2. The average Bonchev–Trinajstić information content (AvgIpc) is 2.81. The minimum atomic E-state index is -3.56. The zero-order valence-corrected chi connectivity index (χ0v) is 11.6. The Morgan fingerprint density at radius 1 is 1.50 bits per heavy atom. The first-order valence-electron chi connectivity index (χ1n) is 5.81. The van der Waals surface area contributed by atoms with Gasteiger partial charge < -0.3 is 0 Å². The minimum absolute atomic E-state index is 0.137. The summed E-state index contributed by atoms with van der Waals surface area (Å²) in [4.78, 5) is 0.137. The third kappa shape index (κ3) is 2.39. The lowest BCUT2D eigenvalue weighted by Crippen LogP contribution is -2.36. The summed E-state index contributed by atoms with van der Waals surface area (Å²) in [6.07, 6.45) is 1.60. The third-order valence-electron chi connectivity index (χ3n) is 3.24. The van der Waals surface area contributed by atoms with Crippen LogP contribution in [0.15, 0.2) is 23.1 Å². The van der Waals surface area contributed by atoms with Crippen molar-refractivity contribution < 1.29 is 12.8 Å². The molecule has 0 spiro atoms. The van der Waals surface area contributed by atoms with E-state index in [1.54, 1.807) is 6.92 Å². The van der Waals surface area contributed by atoms with E-state index in [9.17, 15) is 12.8 Å². The highest BCUT2D eigenvalue weighted by atomic mass is 35.5. The fourth-order valence-corrected chi connectivity index (χ4v) is 4.37. The Hall–Kier alpha value is -0.650. The summed E-state index contributed by atoms with van der Waals surface area (Å²) in [6.45, 7) is 2.04. The second kappa shape index (κ2) is 5.15. The number of benzene rings is 1. The molecule has 1 aromatic carbocycles. The molecule has 0 saturated carbocycles. The van der Waals surface area contributed by atoms with E-state index in [1.165, 1.54) is 22.5 Å². The van der Waals surface area contributed by atoms with Crippen LogP contribution in [0.3, 0.4) is 0 Å². The lowest BCUT2D eigenvalue weighted by atomic mass is 10.2. The Morgan fingerprint density at radius 3 is 2.83 bits per heavy atom. The predicted octanol–water partition coefficient (Wildman–Crippen LogP) is 2.53. The van der Waals surface area contributed by atoms with Gasteiger partial charge in [0.05, 0.1) is 4.90 Å². The topological polar surface area (TPSA) is 37.4 Å². The highest BCUT2D eigenvalue weighted by Crippen LogP contribution is 2.27. The summed E-state index contributed by atoms with van der Waals surface area (Å²) in [5.74, 6) is -0.108. The summed E-state index contributed by atoms with van der Waals surface area (Å²) < 4.78 is 39.4. The molecule has 0 radical (unpaired) electrons. The number of alkyl halides is 1. The molecule has 1 atom stereocenters. The van der Waals surface area contributed by atoms with E-state index in [4.69, 9.17) is 11.6 Å². The summed E-state index contributed by atoms with van der Waals surface area (Å²) in [5, 5.41) is 0. The van der Waals surface area contributed by atoms with Crippen LogP contribution in [-0.2, 0) is 10.0 Å². The number of aryl methyl sites for hydroxylation is 1. The second-order valence-electron chi connectivity index (χ2n) is 4.48. The summed E-state index contributed by atoms with van der Waals surface area (Å²) >= 11 is 5.79. The smallest absolute Gasteiger partial charge is 0.207 e. The van der Waals surface area contributed by atoms with Crippen LogP contribution in [-0.4, -0.2) is 31.2 Å². The molecule has 0 aromatic heterocycles. The molecule has 0 N–H and O–H groups in total. The van der Waals surface area contributed by atoms with Crippen molar-refractivity contribution in [2.45, 2.75) is 30.7 Å². The van der Waals surface area contributed by atoms with E-state index in [0.717, 1.165) is 12.8 Å². The van der Waals surface area contributed by atoms with Crippen LogP contribution in [0.1, 0.15) is 18.4 Å². The zero-order valence-electron chi connectivity index (χ0n) is 10.1. The molecule has 1 saturated heterocycles. The van der Waals surface area contributed by atoms with Gasteiger partial charge in [-0.3, -0.25) is 0 Å². The quantitative estimate of drug-likeness (QED) is 0.803. The van der Waals surface area contributed by atoms with Gasteiger partial charge >= 0.3 is 0 Å². The van der Waals surface area contributed by atoms with Crippen LogP contribution >= 0.6 is 11.6 Å². The van der Waals surface area contributed by atoms with Crippen LogP contribution < -0.4 is 0 Å². The summed E-state index contributed by atoms with van der Waals surface area (Å²) in [6, 6.07) is 3.71. The first-order chi connectivity index (χ1) is 8.46. The van der Waals surface area contributed by atoms with Crippen LogP contribution in [0, 0.1) is 12.7 Å². The molecule has 1 fully saturated rings. The standard InChI is InChI=1S/C12H15ClFNO2S/c1-9-7-11(4-5-12(9)14)18(16,17)15-6-2-3-10(15)8-13/h4-5,7,10H,2-3,6,8H2,1H3/t10-/m0/s1. The number of nitrogens with zero attached hydrogens (tertiary/aromatic N) is 1. The Balaban J connectivity index is 2.38. The first-order valence-corrected chi connectivity index (χ1v) is 7.78. The maximum atomic E-state index is 13.2. The fourth-order valence-electron chi connectivity index (χ4n) is 2.19. The lowest BCUT2D eigenvalue weighted by Gasteiger charge is -2.22. The van der Waals surface area contributed by atoms with E-state index in [-0.39, 0.29) is 10.9 Å². The molecular weight excluding hydrogens is 277 g/mol. The van der Waals surface area contributed by atoms with Gasteiger partial charge in [0.2, 0.25) is 10.0 Å². The van der Waals surface area contributed by atoms with Crippen LogP contribution in [0.5, 0.6) is 0 Å². The molecule has 100 valence electrons. The van der Waals surface area contributed by atoms with Crippen molar-refractivity contribution in [3.8, 4) is 0 Å². The lowest BCUT2D eigenvalue weighted by molar-refractivity contribution is 0.411. The number of hydrogen-bond donors (Lipinski definition) is 0. The van der Waals surface area contributed by atoms with Crippen molar-refractivity contribution in [3.63, 3.8) is 0 Å². The van der Waals surface area contributed by atoms with E-state index in [0.29, 0.717) is 18.0 Å². The molecule has 0 amide bonds. The molecule has 0 unspecified atom stereocenters. The highest BCUT2D eigenvalue weighted by Gasteiger charge is 2.34. The molecule has 1 aliphatic rings. The van der Waals surface area contributed by atoms with Gasteiger partial charge in [-0.1, -0.05) is 0 Å². The Morgan fingerprint density at radius 2 is 2.22 bits per heavy atom. The molecular formula is C12H15ClFNO2S. The number of rotatable bonds is 3. The van der Waals surface area contributed by atoms with Crippen molar-refractivity contribution in [2.75, 3.05) is 12.4 Å². The van der Waals surface area contributed by atoms with Gasteiger partial charge in [0, 0.05) is 18.5 Å². The highest BCUT2D eigenvalue weighted by molar-refractivity contribution is 7.89. The zero-order chi connectivity index (χ0) is 13.3.